The highest BCUT2D eigenvalue weighted by molar-refractivity contribution is 7.91. The molecule has 4 amide bonds. The molecule has 2 heterocycles. The number of benzene rings is 1. The molecular weight excluding hydrogens is 424 g/mol. The molecule has 3 rings (SSSR count). The smallest absolute Gasteiger partial charge is 0.319 e. The molecule has 0 saturated carbocycles. The third-order valence-corrected chi connectivity index (χ3v) is 8.17. The van der Waals surface area contributed by atoms with E-state index in [0.717, 1.165) is 0 Å². The fourth-order valence-electron chi connectivity index (χ4n) is 3.23. The van der Waals surface area contributed by atoms with Gasteiger partial charge in [0.2, 0.25) is 0 Å². The molecule has 2 aliphatic rings. The highest BCUT2D eigenvalue weighted by Crippen LogP contribution is 2.27. The Morgan fingerprint density at radius 1 is 0.862 bits per heavy atom. The minimum atomic E-state index is -3.14. The largest absolute Gasteiger partial charge is 0.506 e. The number of phenols is 1. The molecule has 11 nitrogen and oxygen atoms in total. The van der Waals surface area contributed by atoms with Gasteiger partial charge in [0.15, 0.2) is 19.7 Å². The molecule has 2 unspecified atom stereocenters. The average Bonchev–Trinajstić information content (AvgIpc) is 3.11. The maximum absolute atomic E-state index is 12.1. The second kappa shape index (κ2) is 8.06. The van der Waals surface area contributed by atoms with Gasteiger partial charge < -0.3 is 26.4 Å². The molecule has 13 heteroatoms. The number of aromatic hydroxyl groups is 1. The molecule has 0 spiro atoms. The summed E-state index contributed by atoms with van der Waals surface area (Å²) in [6.45, 7) is 0. The summed E-state index contributed by atoms with van der Waals surface area (Å²) in [4.78, 5) is 24.1. The Hall–Kier alpha value is -2.54. The topological polar surface area (TPSA) is 171 Å². The van der Waals surface area contributed by atoms with Gasteiger partial charge in [-0.05, 0) is 31.0 Å². The van der Waals surface area contributed by atoms with Crippen LogP contribution in [0.5, 0.6) is 5.75 Å². The minimum absolute atomic E-state index is 0.0139. The zero-order valence-corrected chi connectivity index (χ0v) is 17.0. The predicted molar refractivity (Wildman–Crippen MR) is 107 cm³/mol. The summed E-state index contributed by atoms with van der Waals surface area (Å²) in [5.74, 6) is -0.444. The molecule has 2 fully saturated rings. The van der Waals surface area contributed by atoms with E-state index in [2.05, 4.69) is 21.3 Å². The minimum Gasteiger partial charge on any atom is -0.506 e. The van der Waals surface area contributed by atoms with Crippen LogP contribution >= 0.6 is 0 Å². The molecule has 1 aromatic carbocycles. The summed E-state index contributed by atoms with van der Waals surface area (Å²) in [5, 5.41) is 19.9. The van der Waals surface area contributed by atoms with Gasteiger partial charge in [0.25, 0.3) is 0 Å². The number of carbonyl (C=O) groups excluding carboxylic acids is 2. The zero-order valence-electron chi connectivity index (χ0n) is 15.3. The van der Waals surface area contributed by atoms with Gasteiger partial charge in [0.05, 0.1) is 28.7 Å². The van der Waals surface area contributed by atoms with Crippen molar-refractivity contribution in [3.05, 3.63) is 18.2 Å². The van der Waals surface area contributed by atoms with E-state index in [1.165, 1.54) is 18.2 Å². The van der Waals surface area contributed by atoms with Crippen LogP contribution in [-0.2, 0) is 19.7 Å². The molecule has 29 heavy (non-hydrogen) atoms. The van der Waals surface area contributed by atoms with Gasteiger partial charge >= 0.3 is 12.1 Å². The Balaban J connectivity index is 1.56. The van der Waals surface area contributed by atoms with E-state index in [4.69, 9.17) is 0 Å². The summed E-state index contributed by atoms with van der Waals surface area (Å²) in [5.41, 5.74) is 0.282. The lowest BCUT2D eigenvalue weighted by Gasteiger charge is -2.15. The molecule has 0 aliphatic carbocycles. The third kappa shape index (κ3) is 5.97. The Morgan fingerprint density at radius 3 is 1.86 bits per heavy atom. The van der Waals surface area contributed by atoms with Gasteiger partial charge in [0, 0.05) is 17.8 Å². The number of sulfone groups is 2. The molecule has 1 aromatic rings. The quantitative estimate of drug-likeness (QED) is 0.320. The number of anilines is 2. The highest BCUT2D eigenvalue weighted by Gasteiger charge is 2.30. The Morgan fingerprint density at radius 2 is 1.38 bits per heavy atom. The fourth-order valence-corrected chi connectivity index (χ4v) is 6.57. The van der Waals surface area contributed by atoms with Gasteiger partial charge in [-0.25, -0.2) is 26.4 Å². The first-order valence-electron chi connectivity index (χ1n) is 8.90. The van der Waals surface area contributed by atoms with Crippen LogP contribution in [-0.4, -0.2) is 69.1 Å². The summed E-state index contributed by atoms with van der Waals surface area (Å²) < 4.78 is 45.8. The number of hydrogen-bond acceptors (Lipinski definition) is 7. The Labute approximate surface area is 168 Å². The molecule has 160 valence electrons. The number of hydrogen-bond donors (Lipinski definition) is 5. The van der Waals surface area contributed by atoms with Crippen LogP contribution in [0.3, 0.4) is 0 Å². The number of carbonyl (C=O) groups is 2. The van der Waals surface area contributed by atoms with Crippen LogP contribution in [0.1, 0.15) is 12.8 Å². The van der Waals surface area contributed by atoms with Gasteiger partial charge in [-0.3, -0.25) is 0 Å². The molecule has 0 bridgehead atoms. The van der Waals surface area contributed by atoms with Crippen LogP contribution < -0.4 is 21.3 Å². The van der Waals surface area contributed by atoms with Crippen molar-refractivity contribution in [2.75, 3.05) is 33.6 Å². The highest BCUT2D eigenvalue weighted by atomic mass is 32.2. The molecule has 0 radical (unpaired) electrons. The summed E-state index contributed by atoms with van der Waals surface area (Å²) in [6.07, 6.45) is 0.662. The second-order valence-corrected chi connectivity index (χ2v) is 11.6. The average molecular weight is 447 g/mol. The van der Waals surface area contributed by atoms with E-state index in [1.807, 2.05) is 0 Å². The number of phenolic OH excluding ortho intramolecular Hbond substituents is 1. The van der Waals surface area contributed by atoms with E-state index in [0.29, 0.717) is 12.8 Å². The van der Waals surface area contributed by atoms with Crippen molar-refractivity contribution in [3.8, 4) is 5.75 Å². The van der Waals surface area contributed by atoms with E-state index < -0.39 is 43.8 Å². The van der Waals surface area contributed by atoms with Crippen molar-refractivity contribution in [1.82, 2.24) is 10.6 Å². The molecule has 2 aliphatic heterocycles. The fraction of sp³-hybridized carbons (Fsp3) is 0.500. The number of amides is 4. The molecule has 2 saturated heterocycles. The lowest BCUT2D eigenvalue weighted by Crippen LogP contribution is -2.39. The van der Waals surface area contributed by atoms with E-state index >= 15 is 0 Å². The SMILES string of the molecule is O=C(Nc1ccc(O)c(NC(=O)NC2CCS(=O)(=O)C2)c1)NC1CCS(=O)(=O)C1. The number of urea groups is 2. The molecule has 2 atom stereocenters. The predicted octanol–water partition coefficient (Wildman–Crippen LogP) is 0.00940. The van der Waals surface area contributed by atoms with E-state index in [1.54, 1.807) is 0 Å². The van der Waals surface area contributed by atoms with Crippen molar-refractivity contribution in [3.63, 3.8) is 0 Å². The molecular formula is C16H22N4O7S2. The van der Waals surface area contributed by atoms with Gasteiger partial charge in [-0.2, -0.15) is 0 Å². The monoisotopic (exact) mass is 446 g/mol. The van der Waals surface area contributed by atoms with Crippen molar-refractivity contribution >= 4 is 43.1 Å². The van der Waals surface area contributed by atoms with Crippen LogP contribution in [0.2, 0.25) is 0 Å². The first-order chi connectivity index (χ1) is 13.5. The lowest BCUT2D eigenvalue weighted by molar-refractivity contribution is 0.248. The number of nitrogens with one attached hydrogen (secondary N) is 4. The van der Waals surface area contributed by atoms with Crippen molar-refractivity contribution in [1.29, 1.82) is 0 Å². The number of rotatable bonds is 4. The van der Waals surface area contributed by atoms with Gasteiger partial charge in [0.1, 0.15) is 5.75 Å². The van der Waals surface area contributed by atoms with Crippen LogP contribution in [0.25, 0.3) is 0 Å². The normalized spacial score (nSPS) is 24.6. The molecule has 5 N–H and O–H groups in total. The van der Waals surface area contributed by atoms with E-state index in [-0.39, 0.29) is 40.1 Å². The maximum atomic E-state index is 12.1. The zero-order chi connectivity index (χ0) is 21.2. The van der Waals surface area contributed by atoms with Crippen molar-refractivity contribution in [2.45, 2.75) is 24.9 Å². The van der Waals surface area contributed by atoms with Gasteiger partial charge in [-0.15, -0.1) is 0 Å². The second-order valence-electron chi connectivity index (χ2n) is 7.13. The van der Waals surface area contributed by atoms with Crippen molar-refractivity contribution in [2.24, 2.45) is 0 Å². The standard InChI is InChI=1S/C16H22N4O7S2/c21-14-2-1-10(17-15(22)18-11-3-5-28(24,25)8-11)7-13(14)20-16(23)19-12-4-6-29(26,27)9-12/h1-2,7,11-12,21H,3-6,8-9H2,(H2,17,18,22)(H2,19,20,23). The summed E-state index contributed by atoms with van der Waals surface area (Å²) in [6, 6.07) is 1.74. The van der Waals surface area contributed by atoms with Crippen LogP contribution in [0.15, 0.2) is 18.2 Å². The first-order valence-corrected chi connectivity index (χ1v) is 12.5. The lowest BCUT2D eigenvalue weighted by atomic mass is 10.2. The Bertz CT molecular complexity index is 1020. The summed E-state index contributed by atoms with van der Waals surface area (Å²) in [7, 11) is -6.27. The van der Waals surface area contributed by atoms with Crippen LogP contribution in [0.4, 0.5) is 21.0 Å². The van der Waals surface area contributed by atoms with Gasteiger partial charge in [-0.1, -0.05) is 0 Å². The Kier molecular flexibility index (Phi) is 5.89. The van der Waals surface area contributed by atoms with E-state index in [9.17, 15) is 31.5 Å². The summed E-state index contributed by atoms with van der Waals surface area (Å²) >= 11 is 0. The first kappa shape index (κ1) is 21.2. The molecule has 0 aromatic heterocycles. The van der Waals surface area contributed by atoms with Crippen LogP contribution in [0, 0.1) is 0 Å². The van der Waals surface area contributed by atoms with Crippen molar-refractivity contribution < 1.29 is 31.5 Å². The maximum Gasteiger partial charge on any atom is 0.319 e. The third-order valence-electron chi connectivity index (χ3n) is 4.64.